The van der Waals surface area contributed by atoms with Crippen LogP contribution in [0.3, 0.4) is 0 Å². The van der Waals surface area contributed by atoms with E-state index in [1.807, 2.05) is 22.9 Å². The van der Waals surface area contributed by atoms with Crippen LogP contribution in [0.1, 0.15) is 25.8 Å². The number of hydrogen-bond donors (Lipinski definition) is 1. The Kier molecular flexibility index (Phi) is 2.85. The fourth-order valence-electron chi connectivity index (χ4n) is 2.29. The van der Waals surface area contributed by atoms with Crippen LogP contribution >= 0.6 is 0 Å². The second kappa shape index (κ2) is 4.53. The van der Waals surface area contributed by atoms with Crippen LogP contribution in [0.2, 0.25) is 0 Å². The van der Waals surface area contributed by atoms with Gasteiger partial charge in [-0.3, -0.25) is 0 Å². The first kappa shape index (κ1) is 12.0. The van der Waals surface area contributed by atoms with Crippen LogP contribution in [0, 0.1) is 5.92 Å². The van der Waals surface area contributed by atoms with Crippen molar-refractivity contribution < 1.29 is 4.74 Å². The van der Waals surface area contributed by atoms with E-state index in [9.17, 15) is 0 Å². The van der Waals surface area contributed by atoms with E-state index in [0.29, 0.717) is 23.4 Å². The summed E-state index contributed by atoms with van der Waals surface area (Å²) in [5, 5.41) is 12.0. The van der Waals surface area contributed by atoms with Gasteiger partial charge in [0.2, 0.25) is 0 Å². The summed E-state index contributed by atoms with van der Waals surface area (Å²) in [6.45, 7) is 2.16. The maximum atomic E-state index is 5.83. The number of nitrogens with zero attached hydrogens (tertiary/aromatic N) is 4. The first-order chi connectivity index (χ1) is 9.20. The lowest BCUT2D eigenvalue weighted by Gasteiger charge is -2.13. The van der Waals surface area contributed by atoms with Crippen molar-refractivity contribution in [2.75, 3.05) is 12.8 Å². The zero-order valence-corrected chi connectivity index (χ0v) is 11.1. The molecule has 1 atom stereocenters. The molecule has 1 unspecified atom stereocenters. The van der Waals surface area contributed by atoms with E-state index in [1.165, 1.54) is 12.8 Å². The number of tetrazole rings is 1. The topological polar surface area (TPSA) is 78.9 Å². The molecule has 6 heteroatoms. The van der Waals surface area contributed by atoms with E-state index in [4.69, 9.17) is 10.5 Å². The van der Waals surface area contributed by atoms with Crippen molar-refractivity contribution >= 4 is 5.69 Å². The monoisotopic (exact) mass is 259 g/mol. The van der Waals surface area contributed by atoms with E-state index in [1.54, 1.807) is 7.11 Å². The second-order valence-electron chi connectivity index (χ2n) is 4.98. The largest absolute Gasteiger partial charge is 0.495 e. The highest BCUT2D eigenvalue weighted by molar-refractivity contribution is 5.65. The lowest BCUT2D eigenvalue weighted by atomic mass is 10.1. The highest BCUT2D eigenvalue weighted by Crippen LogP contribution is 2.40. The fourth-order valence-corrected chi connectivity index (χ4v) is 2.29. The summed E-state index contributed by atoms with van der Waals surface area (Å²) >= 11 is 0. The molecule has 2 N–H and O–H groups in total. The molecule has 1 aliphatic rings. The van der Waals surface area contributed by atoms with Crippen molar-refractivity contribution in [3.63, 3.8) is 0 Å². The van der Waals surface area contributed by atoms with Crippen LogP contribution in [0.15, 0.2) is 18.2 Å². The smallest absolute Gasteiger partial charge is 0.182 e. The van der Waals surface area contributed by atoms with Crippen LogP contribution < -0.4 is 10.5 Å². The van der Waals surface area contributed by atoms with Gasteiger partial charge in [0.25, 0.3) is 0 Å². The van der Waals surface area contributed by atoms with Crippen LogP contribution in [0.5, 0.6) is 5.75 Å². The van der Waals surface area contributed by atoms with Crippen LogP contribution in [-0.2, 0) is 0 Å². The van der Waals surface area contributed by atoms with Gasteiger partial charge in [0.15, 0.2) is 5.82 Å². The van der Waals surface area contributed by atoms with Crippen molar-refractivity contribution in [1.82, 2.24) is 20.2 Å². The molecule has 1 aliphatic carbocycles. The number of aromatic nitrogens is 4. The summed E-state index contributed by atoms with van der Waals surface area (Å²) < 4.78 is 7.13. The first-order valence-electron chi connectivity index (χ1n) is 6.42. The molecule has 1 aromatic heterocycles. The van der Waals surface area contributed by atoms with E-state index in [2.05, 4.69) is 22.4 Å². The number of nitrogens with two attached hydrogens (primary N) is 1. The van der Waals surface area contributed by atoms with E-state index in [-0.39, 0.29) is 0 Å². The molecule has 0 aliphatic heterocycles. The van der Waals surface area contributed by atoms with Crippen LogP contribution in [-0.4, -0.2) is 27.3 Å². The van der Waals surface area contributed by atoms with Crippen LogP contribution in [0.25, 0.3) is 11.4 Å². The summed E-state index contributed by atoms with van der Waals surface area (Å²) in [6, 6.07) is 5.93. The molecule has 100 valence electrons. The van der Waals surface area contributed by atoms with Gasteiger partial charge in [0.05, 0.1) is 18.8 Å². The van der Waals surface area contributed by atoms with Crippen molar-refractivity contribution in [1.29, 1.82) is 0 Å². The molecule has 2 aromatic rings. The molecule has 0 bridgehead atoms. The molecule has 1 saturated carbocycles. The highest BCUT2D eigenvalue weighted by atomic mass is 16.5. The van der Waals surface area contributed by atoms with Crippen molar-refractivity contribution in [3.05, 3.63) is 18.2 Å². The Morgan fingerprint density at radius 1 is 1.42 bits per heavy atom. The summed E-state index contributed by atoms with van der Waals surface area (Å²) in [6.07, 6.45) is 2.51. The van der Waals surface area contributed by atoms with Crippen molar-refractivity contribution in [2.24, 2.45) is 5.92 Å². The molecule has 19 heavy (non-hydrogen) atoms. The third kappa shape index (κ3) is 2.14. The zero-order valence-electron chi connectivity index (χ0n) is 11.1. The van der Waals surface area contributed by atoms with E-state index >= 15 is 0 Å². The normalized spacial score (nSPS) is 16.3. The quantitative estimate of drug-likeness (QED) is 0.848. The van der Waals surface area contributed by atoms with Gasteiger partial charge >= 0.3 is 0 Å². The minimum Gasteiger partial charge on any atom is -0.495 e. The summed E-state index contributed by atoms with van der Waals surface area (Å²) in [5.74, 6) is 2.10. The third-order valence-corrected chi connectivity index (χ3v) is 3.67. The Morgan fingerprint density at radius 2 is 2.21 bits per heavy atom. The standard InChI is InChI=1S/C13H17N5O/c1-8(9-3-4-9)18-13(15-16-17-18)10-5-6-11(14)12(7-10)19-2/h5-9H,3-4,14H2,1-2H3. The van der Waals surface area contributed by atoms with Gasteiger partial charge < -0.3 is 10.5 Å². The average molecular weight is 259 g/mol. The average Bonchev–Trinajstić information content (AvgIpc) is 3.16. The third-order valence-electron chi connectivity index (χ3n) is 3.67. The number of ether oxygens (including phenoxy) is 1. The lowest BCUT2D eigenvalue weighted by Crippen LogP contribution is -2.11. The molecular weight excluding hydrogens is 242 g/mol. The van der Waals surface area contributed by atoms with Gasteiger partial charge in [-0.15, -0.1) is 5.10 Å². The van der Waals surface area contributed by atoms with Gasteiger partial charge in [-0.2, -0.15) is 0 Å². The Bertz CT molecular complexity index is 590. The number of rotatable bonds is 4. The van der Waals surface area contributed by atoms with E-state index < -0.39 is 0 Å². The van der Waals surface area contributed by atoms with Gasteiger partial charge in [0.1, 0.15) is 5.75 Å². The Balaban J connectivity index is 2.00. The SMILES string of the molecule is COc1cc(-c2nnnn2C(C)C2CC2)ccc1N. The molecule has 1 heterocycles. The van der Waals surface area contributed by atoms with Crippen molar-refractivity contribution in [3.8, 4) is 17.1 Å². The van der Waals surface area contributed by atoms with Crippen molar-refractivity contribution in [2.45, 2.75) is 25.8 Å². The Morgan fingerprint density at radius 3 is 2.89 bits per heavy atom. The zero-order chi connectivity index (χ0) is 13.4. The second-order valence-corrected chi connectivity index (χ2v) is 4.98. The molecule has 3 rings (SSSR count). The first-order valence-corrected chi connectivity index (χ1v) is 6.42. The number of benzene rings is 1. The molecular formula is C13H17N5O. The molecule has 0 saturated heterocycles. The molecule has 0 amide bonds. The lowest BCUT2D eigenvalue weighted by molar-refractivity contribution is 0.416. The van der Waals surface area contributed by atoms with Gasteiger partial charge in [-0.25, -0.2) is 4.68 Å². The summed E-state index contributed by atoms with van der Waals surface area (Å²) in [7, 11) is 1.60. The fraction of sp³-hybridized carbons (Fsp3) is 0.462. The Labute approximate surface area is 111 Å². The number of methoxy groups -OCH3 is 1. The summed E-state index contributed by atoms with van der Waals surface area (Å²) in [4.78, 5) is 0. The number of anilines is 1. The molecule has 1 fully saturated rings. The van der Waals surface area contributed by atoms with Gasteiger partial charge in [-0.05, 0) is 54.3 Å². The predicted octanol–water partition coefficient (Wildman–Crippen LogP) is 1.90. The maximum absolute atomic E-state index is 5.83. The maximum Gasteiger partial charge on any atom is 0.182 e. The molecule has 0 spiro atoms. The highest BCUT2D eigenvalue weighted by Gasteiger charge is 2.31. The Hall–Kier alpha value is -2.11. The van der Waals surface area contributed by atoms with Crippen LogP contribution in [0.4, 0.5) is 5.69 Å². The molecule has 0 radical (unpaired) electrons. The number of hydrogen-bond acceptors (Lipinski definition) is 5. The molecule has 6 nitrogen and oxygen atoms in total. The van der Waals surface area contributed by atoms with E-state index in [0.717, 1.165) is 11.4 Å². The molecule has 1 aromatic carbocycles. The summed E-state index contributed by atoms with van der Waals surface area (Å²) in [5.41, 5.74) is 7.36. The minimum atomic E-state index is 0.327. The number of nitrogen functional groups attached to an aromatic ring is 1. The van der Waals surface area contributed by atoms with Gasteiger partial charge in [-0.1, -0.05) is 0 Å². The minimum absolute atomic E-state index is 0.327. The van der Waals surface area contributed by atoms with Gasteiger partial charge in [0, 0.05) is 5.56 Å². The predicted molar refractivity (Wildman–Crippen MR) is 71.7 cm³/mol.